The van der Waals surface area contributed by atoms with E-state index in [0.717, 1.165) is 24.1 Å². The first-order valence-electron chi connectivity index (χ1n) is 5.27. The van der Waals surface area contributed by atoms with E-state index in [9.17, 15) is 18.3 Å². The van der Waals surface area contributed by atoms with Crippen molar-refractivity contribution >= 4 is 0 Å². The van der Waals surface area contributed by atoms with Gasteiger partial charge in [0.1, 0.15) is 0 Å². The molecular formula is C12H15F3O. The molecule has 0 unspecified atom stereocenters. The molecule has 1 aromatic rings. The van der Waals surface area contributed by atoms with Crippen molar-refractivity contribution in [1.82, 2.24) is 0 Å². The van der Waals surface area contributed by atoms with Crippen molar-refractivity contribution in [2.75, 3.05) is 0 Å². The molecule has 1 atom stereocenters. The van der Waals surface area contributed by atoms with E-state index in [0.29, 0.717) is 12.8 Å². The minimum atomic E-state index is -4.29. The maximum Gasteiger partial charge on any atom is 0.416 e. The van der Waals surface area contributed by atoms with Crippen LogP contribution in [0.25, 0.3) is 0 Å². The van der Waals surface area contributed by atoms with Crippen LogP contribution in [0.1, 0.15) is 30.9 Å². The highest BCUT2D eigenvalue weighted by atomic mass is 19.4. The van der Waals surface area contributed by atoms with Crippen molar-refractivity contribution in [2.24, 2.45) is 0 Å². The molecule has 0 fully saturated rings. The Bertz CT molecular complexity index is 316. The molecule has 0 aromatic heterocycles. The van der Waals surface area contributed by atoms with Crippen LogP contribution in [-0.4, -0.2) is 11.2 Å². The van der Waals surface area contributed by atoms with Gasteiger partial charge in [-0.05, 0) is 30.5 Å². The lowest BCUT2D eigenvalue weighted by Crippen LogP contribution is -2.10. The van der Waals surface area contributed by atoms with E-state index in [2.05, 4.69) is 0 Å². The first-order valence-corrected chi connectivity index (χ1v) is 5.27. The smallest absolute Gasteiger partial charge is 0.393 e. The van der Waals surface area contributed by atoms with Crippen LogP contribution in [0.5, 0.6) is 0 Å². The van der Waals surface area contributed by atoms with Gasteiger partial charge in [0.05, 0.1) is 11.7 Å². The van der Waals surface area contributed by atoms with Gasteiger partial charge < -0.3 is 5.11 Å². The molecule has 0 aliphatic heterocycles. The summed E-state index contributed by atoms with van der Waals surface area (Å²) in [7, 11) is 0. The van der Waals surface area contributed by atoms with Crippen LogP contribution in [-0.2, 0) is 12.6 Å². The molecule has 0 radical (unpaired) electrons. The van der Waals surface area contributed by atoms with Crippen molar-refractivity contribution in [3.63, 3.8) is 0 Å². The summed E-state index contributed by atoms with van der Waals surface area (Å²) < 4.78 is 36.8. The molecule has 0 spiro atoms. The highest BCUT2D eigenvalue weighted by Crippen LogP contribution is 2.29. The van der Waals surface area contributed by atoms with Crippen molar-refractivity contribution in [3.05, 3.63) is 35.4 Å². The van der Waals surface area contributed by atoms with Gasteiger partial charge in [0, 0.05) is 0 Å². The number of rotatable bonds is 4. The van der Waals surface area contributed by atoms with E-state index in [-0.39, 0.29) is 0 Å². The molecule has 0 saturated heterocycles. The van der Waals surface area contributed by atoms with Crippen LogP contribution >= 0.6 is 0 Å². The van der Waals surface area contributed by atoms with Crippen molar-refractivity contribution < 1.29 is 18.3 Å². The number of hydrogen-bond acceptors (Lipinski definition) is 1. The molecule has 0 aliphatic carbocycles. The van der Waals surface area contributed by atoms with Gasteiger partial charge in [0.15, 0.2) is 0 Å². The molecule has 0 aliphatic rings. The maximum atomic E-state index is 12.3. The number of hydrogen-bond donors (Lipinski definition) is 1. The summed E-state index contributed by atoms with van der Waals surface area (Å²) in [6, 6.07) is 4.94. The lowest BCUT2D eigenvalue weighted by atomic mass is 10.0. The lowest BCUT2D eigenvalue weighted by molar-refractivity contribution is -0.137. The second-order valence-corrected chi connectivity index (χ2v) is 3.84. The van der Waals surface area contributed by atoms with E-state index < -0.39 is 17.8 Å². The Balaban J connectivity index is 2.65. The topological polar surface area (TPSA) is 20.2 Å². The molecule has 0 amide bonds. The molecule has 16 heavy (non-hydrogen) atoms. The third-order valence-corrected chi connectivity index (χ3v) is 2.37. The first-order chi connectivity index (χ1) is 7.43. The second-order valence-electron chi connectivity index (χ2n) is 3.84. The Morgan fingerprint density at radius 1 is 1.19 bits per heavy atom. The SMILES string of the molecule is CCC[C@H](O)Cc1ccc(C(F)(F)F)cc1. The number of alkyl halides is 3. The van der Waals surface area contributed by atoms with E-state index in [1.807, 2.05) is 6.92 Å². The Kier molecular flexibility index (Phi) is 4.35. The number of aliphatic hydroxyl groups excluding tert-OH is 1. The van der Waals surface area contributed by atoms with Crippen LogP contribution in [0, 0.1) is 0 Å². The number of benzene rings is 1. The third kappa shape index (κ3) is 3.85. The Labute approximate surface area is 92.9 Å². The summed E-state index contributed by atoms with van der Waals surface area (Å²) in [4.78, 5) is 0. The van der Waals surface area contributed by atoms with Gasteiger partial charge in [-0.2, -0.15) is 13.2 Å². The summed E-state index contributed by atoms with van der Waals surface area (Å²) in [6.45, 7) is 1.95. The van der Waals surface area contributed by atoms with Crippen molar-refractivity contribution in [2.45, 2.75) is 38.5 Å². The average molecular weight is 232 g/mol. The minimum Gasteiger partial charge on any atom is -0.393 e. The Hall–Kier alpha value is -1.03. The van der Waals surface area contributed by atoms with E-state index >= 15 is 0 Å². The van der Waals surface area contributed by atoms with Crippen molar-refractivity contribution in [1.29, 1.82) is 0 Å². The van der Waals surface area contributed by atoms with Gasteiger partial charge in [-0.3, -0.25) is 0 Å². The number of halogens is 3. The lowest BCUT2D eigenvalue weighted by Gasteiger charge is -2.10. The predicted molar refractivity (Wildman–Crippen MR) is 56.1 cm³/mol. The highest BCUT2D eigenvalue weighted by molar-refractivity contribution is 5.24. The Morgan fingerprint density at radius 3 is 2.19 bits per heavy atom. The third-order valence-electron chi connectivity index (χ3n) is 2.37. The van der Waals surface area contributed by atoms with Gasteiger partial charge in [-0.1, -0.05) is 25.5 Å². The molecule has 1 nitrogen and oxygen atoms in total. The fourth-order valence-corrected chi connectivity index (χ4v) is 1.54. The van der Waals surface area contributed by atoms with Gasteiger partial charge in [0.25, 0.3) is 0 Å². The zero-order valence-electron chi connectivity index (χ0n) is 9.09. The highest BCUT2D eigenvalue weighted by Gasteiger charge is 2.29. The second kappa shape index (κ2) is 5.34. The molecule has 0 bridgehead atoms. The summed E-state index contributed by atoms with van der Waals surface area (Å²) >= 11 is 0. The first kappa shape index (κ1) is 13.0. The molecule has 1 aromatic carbocycles. The zero-order chi connectivity index (χ0) is 12.2. The molecular weight excluding hydrogens is 217 g/mol. The van der Waals surface area contributed by atoms with Crippen LogP contribution < -0.4 is 0 Å². The monoisotopic (exact) mass is 232 g/mol. The normalized spacial score (nSPS) is 13.8. The fraction of sp³-hybridized carbons (Fsp3) is 0.500. The number of aliphatic hydroxyl groups is 1. The summed E-state index contributed by atoms with van der Waals surface area (Å²) in [6.07, 6.45) is -2.82. The van der Waals surface area contributed by atoms with E-state index in [1.54, 1.807) is 0 Å². The van der Waals surface area contributed by atoms with Crippen LogP contribution in [0.4, 0.5) is 13.2 Å². The molecule has 1 rings (SSSR count). The summed E-state index contributed by atoms with van der Waals surface area (Å²) in [5.74, 6) is 0. The molecule has 0 heterocycles. The van der Waals surface area contributed by atoms with E-state index in [1.165, 1.54) is 12.1 Å². The zero-order valence-corrected chi connectivity index (χ0v) is 9.09. The van der Waals surface area contributed by atoms with Crippen LogP contribution in [0.2, 0.25) is 0 Å². The molecule has 4 heteroatoms. The quantitative estimate of drug-likeness (QED) is 0.843. The summed E-state index contributed by atoms with van der Waals surface area (Å²) in [5.41, 5.74) is 0.0789. The van der Waals surface area contributed by atoms with Crippen LogP contribution in [0.3, 0.4) is 0 Å². The van der Waals surface area contributed by atoms with Gasteiger partial charge in [-0.15, -0.1) is 0 Å². The van der Waals surface area contributed by atoms with Gasteiger partial charge in [0.2, 0.25) is 0 Å². The standard InChI is InChI=1S/C12H15F3O/c1-2-3-11(16)8-9-4-6-10(7-5-9)12(13,14)15/h4-7,11,16H,2-3,8H2,1H3/t11-/m0/s1. The van der Waals surface area contributed by atoms with Crippen LogP contribution in [0.15, 0.2) is 24.3 Å². The molecule has 90 valence electrons. The summed E-state index contributed by atoms with van der Waals surface area (Å²) in [5, 5.41) is 9.51. The van der Waals surface area contributed by atoms with Crippen molar-refractivity contribution in [3.8, 4) is 0 Å². The van der Waals surface area contributed by atoms with Gasteiger partial charge >= 0.3 is 6.18 Å². The molecule has 0 saturated carbocycles. The fourth-order valence-electron chi connectivity index (χ4n) is 1.54. The Morgan fingerprint density at radius 2 is 1.75 bits per heavy atom. The predicted octanol–water partition coefficient (Wildman–Crippen LogP) is 3.41. The van der Waals surface area contributed by atoms with Gasteiger partial charge in [-0.25, -0.2) is 0 Å². The molecule has 1 N–H and O–H groups in total. The minimum absolute atomic E-state index is 0.409. The van der Waals surface area contributed by atoms with E-state index in [4.69, 9.17) is 0 Å². The average Bonchev–Trinajstić information content (AvgIpc) is 2.17. The largest absolute Gasteiger partial charge is 0.416 e. The maximum absolute atomic E-state index is 12.3.